The molecular formula is C19H26ClNO3. The van der Waals surface area contributed by atoms with Crippen LogP contribution in [0.25, 0.3) is 6.08 Å². The Balaban J connectivity index is 2.11. The Labute approximate surface area is 149 Å². The summed E-state index contributed by atoms with van der Waals surface area (Å²) in [7, 11) is 1.57. The van der Waals surface area contributed by atoms with Crippen molar-refractivity contribution in [1.82, 2.24) is 4.90 Å². The maximum absolute atomic E-state index is 12.4. The molecule has 1 aromatic rings. The van der Waals surface area contributed by atoms with Gasteiger partial charge in [-0.1, -0.05) is 18.5 Å². The summed E-state index contributed by atoms with van der Waals surface area (Å²) in [6.45, 7) is 6.16. The van der Waals surface area contributed by atoms with Gasteiger partial charge in [0.05, 0.1) is 18.7 Å². The largest absolute Gasteiger partial charge is 0.493 e. The molecule has 1 fully saturated rings. The fourth-order valence-corrected chi connectivity index (χ4v) is 2.84. The van der Waals surface area contributed by atoms with Crippen LogP contribution >= 0.6 is 11.6 Å². The Morgan fingerprint density at radius 1 is 1.38 bits per heavy atom. The fourth-order valence-electron chi connectivity index (χ4n) is 2.57. The first-order valence-corrected chi connectivity index (χ1v) is 8.94. The minimum Gasteiger partial charge on any atom is -0.493 e. The minimum absolute atomic E-state index is 0.0488. The van der Waals surface area contributed by atoms with E-state index in [1.807, 2.05) is 17.9 Å². The second kappa shape index (κ2) is 8.97. The molecule has 0 unspecified atom stereocenters. The average molecular weight is 352 g/mol. The molecule has 2 rings (SSSR count). The first-order chi connectivity index (χ1) is 11.6. The average Bonchev–Trinajstić information content (AvgIpc) is 3.38. The number of hydrogen-bond donors (Lipinski definition) is 0. The van der Waals surface area contributed by atoms with Gasteiger partial charge in [0.1, 0.15) is 0 Å². The highest BCUT2D eigenvalue weighted by molar-refractivity contribution is 6.32. The summed E-state index contributed by atoms with van der Waals surface area (Å²) in [5.41, 5.74) is 0.816. The van der Waals surface area contributed by atoms with Crippen LogP contribution in [0, 0.1) is 5.92 Å². The number of carbonyl (C=O) groups is 1. The summed E-state index contributed by atoms with van der Waals surface area (Å²) in [5.74, 6) is 1.84. The van der Waals surface area contributed by atoms with Crippen molar-refractivity contribution in [2.45, 2.75) is 33.1 Å². The summed E-state index contributed by atoms with van der Waals surface area (Å²) in [6.07, 6.45) is 6.84. The van der Waals surface area contributed by atoms with Crippen LogP contribution < -0.4 is 9.47 Å². The molecule has 24 heavy (non-hydrogen) atoms. The molecule has 0 bridgehead atoms. The van der Waals surface area contributed by atoms with Crippen LogP contribution in [0.4, 0.5) is 0 Å². The van der Waals surface area contributed by atoms with Gasteiger partial charge in [-0.2, -0.15) is 0 Å². The highest BCUT2D eigenvalue weighted by Gasteiger charge is 2.25. The van der Waals surface area contributed by atoms with Crippen LogP contribution in [0.1, 0.15) is 38.7 Å². The molecule has 1 amide bonds. The molecule has 132 valence electrons. The lowest BCUT2D eigenvalue weighted by atomic mass is 10.1. The van der Waals surface area contributed by atoms with Gasteiger partial charge in [-0.15, -0.1) is 0 Å². The third-order valence-electron chi connectivity index (χ3n) is 3.94. The van der Waals surface area contributed by atoms with Gasteiger partial charge in [0.2, 0.25) is 5.91 Å². The number of benzene rings is 1. The van der Waals surface area contributed by atoms with E-state index in [2.05, 4.69) is 6.92 Å². The van der Waals surface area contributed by atoms with E-state index in [9.17, 15) is 4.79 Å². The number of halogens is 1. The summed E-state index contributed by atoms with van der Waals surface area (Å²) in [6, 6.07) is 3.61. The van der Waals surface area contributed by atoms with E-state index in [1.165, 1.54) is 12.8 Å². The summed E-state index contributed by atoms with van der Waals surface area (Å²) >= 11 is 6.26. The fraction of sp³-hybridized carbons (Fsp3) is 0.526. The number of methoxy groups -OCH3 is 1. The molecule has 1 aliphatic rings. The standard InChI is InChI=1S/C19H26ClNO3/c1-4-10-21(13-14-6-7-14)18(22)9-8-15-11-16(20)19(24-5-2)17(12-15)23-3/h8-9,11-12,14H,4-7,10,13H2,1-3H3. The normalized spacial score (nSPS) is 14.0. The van der Waals surface area contributed by atoms with Gasteiger partial charge in [0, 0.05) is 19.2 Å². The number of nitrogens with zero attached hydrogens (tertiary/aromatic N) is 1. The molecule has 1 saturated carbocycles. The van der Waals surface area contributed by atoms with Gasteiger partial charge < -0.3 is 14.4 Å². The van der Waals surface area contributed by atoms with Crippen LogP contribution in [0.3, 0.4) is 0 Å². The van der Waals surface area contributed by atoms with E-state index >= 15 is 0 Å². The SMILES string of the molecule is CCCN(CC1CC1)C(=O)C=Cc1cc(Cl)c(OCC)c(OC)c1. The van der Waals surface area contributed by atoms with Crippen molar-refractivity contribution >= 4 is 23.6 Å². The lowest BCUT2D eigenvalue weighted by Crippen LogP contribution is -2.32. The van der Waals surface area contributed by atoms with E-state index in [0.29, 0.717) is 29.0 Å². The van der Waals surface area contributed by atoms with Crippen molar-refractivity contribution in [2.75, 3.05) is 26.8 Å². The maximum atomic E-state index is 12.4. The lowest BCUT2D eigenvalue weighted by Gasteiger charge is -2.20. The summed E-state index contributed by atoms with van der Waals surface area (Å²) in [5, 5.41) is 0.478. The van der Waals surface area contributed by atoms with Crippen molar-refractivity contribution < 1.29 is 14.3 Å². The number of carbonyl (C=O) groups excluding carboxylic acids is 1. The Hall–Kier alpha value is -1.68. The number of hydrogen-bond acceptors (Lipinski definition) is 3. The van der Waals surface area contributed by atoms with Gasteiger partial charge in [0.25, 0.3) is 0 Å². The van der Waals surface area contributed by atoms with Gasteiger partial charge in [-0.05, 0) is 55.9 Å². The first kappa shape index (κ1) is 18.7. The first-order valence-electron chi connectivity index (χ1n) is 8.56. The van der Waals surface area contributed by atoms with Crippen LogP contribution in [-0.2, 0) is 4.79 Å². The second-order valence-corrected chi connectivity index (χ2v) is 6.44. The molecule has 4 nitrogen and oxygen atoms in total. The topological polar surface area (TPSA) is 38.8 Å². The molecule has 0 radical (unpaired) electrons. The zero-order valence-corrected chi connectivity index (χ0v) is 15.4. The summed E-state index contributed by atoms with van der Waals surface area (Å²) in [4.78, 5) is 14.4. The zero-order chi connectivity index (χ0) is 17.5. The van der Waals surface area contributed by atoms with Gasteiger partial charge in [0.15, 0.2) is 11.5 Å². The van der Waals surface area contributed by atoms with Crippen LogP contribution in [0.5, 0.6) is 11.5 Å². The molecule has 1 aliphatic carbocycles. The third kappa shape index (κ3) is 5.17. The Morgan fingerprint density at radius 2 is 2.12 bits per heavy atom. The van der Waals surface area contributed by atoms with E-state index < -0.39 is 0 Å². The molecule has 5 heteroatoms. The molecule has 0 N–H and O–H groups in total. The molecular weight excluding hydrogens is 326 g/mol. The van der Waals surface area contributed by atoms with Crippen molar-refractivity contribution in [1.29, 1.82) is 0 Å². The highest BCUT2D eigenvalue weighted by atomic mass is 35.5. The van der Waals surface area contributed by atoms with Crippen LogP contribution in [0.2, 0.25) is 5.02 Å². The zero-order valence-electron chi connectivity index (χ0n) is 14.7. The second-order valence-electron chi connectivity index (χ2n) is 6.03. The highest BCUT2D eigenvalue weighted by Crippen LogP contribution is 2.36. The molecule has 0 aromatic heterocycles. The number of amides is 1. The van der Waals surface area contributed by atoms with Crippen molar-refractivity contribution in [3.63, 3.8) is 0 Å². The Kier molecular flexibility index (Phi) is 6.98. The molecule has 0 atom stereocenters. The van der Waals surface area contributed by atoms with E-state index in [0.717, 1.165) is 25.1 Å². The Bertz CT molecular complexity index is 597. The minimum atomic E-state index is 0.0488. The quantitative estimate of drug-likeness (QED) is 0.618. The van der Waals surface area contributed by atoms with E-state index in [1.54, 1.807) is 25.3 Å². The molecule has 1 aromatic carbocycles. The molecule has 0 spiro atoms. The lowest BCUT2D eigenvalue weighted by molar-refractivity contribution is -0.126. The number of rotatable bonds is 9. The van der Waals surface area contributed by atoms with Crippen molar-refractivity contribution in [3.05, 3.63) is 28.8 Å². The van der Waals surface area contributed by atoms with Crippen molar-refractivity contribution in [3.8, 4) is 11.5 Å². The van der Waals surface area contributed by atoms with Crippen LogP contribution in [-0.4, -0.2) is 37.6 Å². The predicted molar refractivity (Wildman–Crippen MR) is 97.8 cm³/mol. The van der Waals surface area contributed by atoms with E-state index in [4.69, 9.17) is 21.1 Å². The van der Waals surface area contributed by atoms with Crippen molar-refractivity contribution in [2.24, 2.45) is 5.92 Å². The van der Waals surface area contributed by atoms with Gasteiger partial charge in [-0.3, -0.25) is 4.79 Å². The number of ether oxygens (including phenoxy) is 2. The molecule has 0 aliphatic heterocycles. The predicted octanol–water partition coefficient (Wildman–Crippen LogP) is 4.41. The third-order valence-corrected chi connectivity index (χ3v) is 4.22. The Morgan fingerprint density at radius 3 is 2.71 bits per heavy atom. The monoisotopic (exact) mass is 351 g/mol. The summed E-state index contributed by atoms with van der Waals surface area (Å²) < 4.78 is 10.8. The van der Waals surface area contributed by atoms with E-state index in [-0.39, 0.29) is 5.91 Å². The maximum Gasteiger partial charge on any atom is 0.246 e. The smallest absolute Gasteiger partial charge is 0.246 e. The molecule has 0 saturated heterocycles. The molecule has 0 heterocycles. The van der Waals surface area contributed by atoms with Gasteiger partial charge >= 0.3 is 0 Å². The van der Waals surface area contributed by atoms with Crippen LogP contribution in [0.15, 0.2) is 18.2 Å². The van der Waals surface area contributed by atoms with Gasteiger partial charge in [-0.25, -0.2) is 0 Å².